The van der Waals surface area contributed by atoms with Crippen molar-refractivity contribution < 1.29 is 0 Å². The number of piperidine rings is 1. The van der Waals surface area contributed by atoms with Gasteiger partial charge in [0.15, 0.2) is 5.96 Å². The lowest BCUT2D eigenvalue weighted by atomic mass is 9.99. The molecular weight excluding hydrogens is 425 g/mol. The minimum atomic E-state index is 0. The highest BCUT2D eigenvalue weighted by atomic mass is 127. The fourth-order valence-corrected chi connectivity index (χ4v) is 3.01. The van der Waals surface area contributed by atoms with Gasteiger partial charge in [0.1, 0.15) is 5.82 Å². The molecule has 1 aliphatic heterocycles. The second-order valence-electron chi connectivity index (χ2n) is 6.87. The van der Waals surface area contributed by atoms with E-state index in [9.17, 15) is 0 Å². The first-order valence-electron chi connectivity index (χ1n) is 9.25. The second-order valence-corrected chi connectivity index (χ2v) is 6.87. The molecule has 6 heteroatoms. The third-order valence-electron chi connectivity index (χ3n) is 4.79. The Morgan fingerprint density at radius 2 is 2.08 bits per heavy atom. The Hall–Kier alpha value is -1.05. The van der Waals surface area contributed by atoms with Crippen LogP contribution in [0.4, 0.5) is 5.82 Å². The summed E-state index contributed by atoms with van der Waals surface area (Å²) in [5.74, 6) is 2.90. The van der Waals surface area contributed by atoms with Crippen molar-refractivity contribution in [2.75, 3.05) is 38.6 Å². The molecule has 1 aromatic heterocycles. The number of pyridine rings is 1. The van der Waals surface area contributed by atoms with Crippen LogP contribution in [0.1, 0.15) is 45.1 Å². The van der Waals surface area contributed by atoms with Crippen LogP contribution in [0.5, 0.6) is 0 Å². The summed E-state index contributed by atoms with van der Waals surface area (Å²) in [6.45, 7) is 8.58. The number of halogens is 1. The third-order valence-corrected chi connectivity index (χ3v) is 4.79. The number of guanidine groups is 1. The lowest BCUT2D eigenvalue weighted by Crippen LogP contribution is -2.39. The number of nitrogens with one attached hydrogen (secondary N) is 1. The lowest BCUT2D eigenvalue weighted by molar-refractivity contribution is 0.436. The number of rotatable bonds is 6. The van der Waals surface area contributed by atoms with Gasteiger partial charge in [-0.25, -0.2) is 4.98 Å². The Labute approximate surface area is 170 Å². The second kappa shape index (κ2) is 11.5. The minimum Gasteiger partial charge on any atom is -0.357 e. The smallest absolute Gasteiger partial charge is 0.193 e. The molecule has 1 aromatic rings. The van der Waals surface area contributed by atoms with Gasteiger partial charge in [-0.05, 0) is 36.8 Å². The molecule has 25 heavy (non-hydrogen) atoms. The Morgan fingerprint density at radius 1 is 1.36 bits per heavy atom. The lowest BCUT2D eigenvalue weighted by Gasteiger charge is -2.31. The summed E-state index contributed by atoms with van der Waals surface area (Å²) >= 11 is 0. The average molecular weight is 459 g/mol. The number of hydrogen-bond acceptors (Lipinski definition) is 3. The van der Waals surface area contributed by atoms with Crippen LogP contribution in [0.2, 0.25) is 0 Å². The number of nitrogens with zero attached hydrogens (tertiary/aromatic N) is 4. The fourth-order valence-electron chi connectivity index (χ4n) is 3.01. The van der Waals surface area contributed by atoms with Gasteiger partial charge < -0.3 is 15.1 Å². The topological polar surface area (TPSA) is 43.8 Å². The monoisotopic (exact) mass is 459 g/mol. The average Bonchev–Trinajstić information content (AvgIpc) is 2.61. The Balaban J connectivity index is 0.00000312. The molecule has 0 saturated carbocycles. The molecule has 142 valence electrons. The molecule has 0 aliphatic carbocycles. The van der Waals surface area contributed by atoms with E-state index in [4.69, 9.17) is 0 Å². The van der Waals surface area contributed by atoms with Gasteiger partial charge in [-0.3, -0.25) is 4.99 Å². The quantitative estimate of drug-likeness (QED) is 0.400. The molecule has 0 bridgehead atoms. The molecule has 1 aliphatic rings. The van der Waals surface area contributed by atoms with Crippen molar-refractivity contribution in [3.05, 3.63) is 23.9 Å². The van der Waals surface area contributed by atoms with E-state index in [0.717, 1.165) is 43.9 Å². The van der Waals surface area contributed by atoms with Gasteiger partial charge in [-0.2, -0.15) is 0 Å². The van der Waals surface area contributed by atoms with E-state index in [-0.39, 0.29) is 24.0 Å². The molecule has 0 radical (unpaired) electrons. The van der Waals surface area contributed by atoms with Crippen molar-refractivity contribution in [3.63, 3.8) is 0 Å². The van der Waals surface area contributed by atoms with Crippen LogP contribution in [0.15, 0.2) is 23.3 Å². The molecule has 1 saturated heterocycles. The van der Waals surface area contributed by atoms with Crippen LogP contribution in [-0.4, -0.2) is 49.6 Å². The molecule has 0 unspecified atom stereocenters. The van der Waals surface area contributed by atoms with Gasteiger partial charge in [0.25, 0.3) is 0 Å². The van der Waals surface area contributed by atoms with Gasteiger partial charge in [0, 0.05) is 46.5 Å². The van der Waals surface area contributed by atoms with Crippen molar-refractivity contribution in [3.8, 4) is 0 Å². The zero-order chi connectivity index (χ0) is 17.4. The highest BCUT2D eigenvalue weighted by Gasteiger charge is 2.16. The highest BCUT2D eigenvalue weighted by molar-refractivity contribution is 14.0. The number of anilines is 1. The number of hydrogen-bond donors (Lipinski definition) is 1. The zero-order valence-corrected chi connectivity index (χ0v) is 18.5. The molecule has 1 N–H and O–H groups in total. The summed E-state index contributed by atoms with van der Waals surface area (Å²) in [4.78, 5) is 13.6. The summed E-state index contributed by atoms with van der Waals surface area (Å²) in [7, 11) is 3.92. The van der Waals surface area contributed by atoms with E-state index < -0.39 is 0 Å². The number of unbranched alkanes of at least 4 members (excludes halogenated alkanes) is 1. The standard InChI is InChI=1S/C19H33N5.HI/c1-5-6-11-23(4)19(20-3)22-15-17-7-8-18(21-14-17)24-12-9-16(2)10-13-24;/h7-8,14,16H,5-6,9-13,15H2,1-4H3,(H,20,22);1H. The van der Waals surface area contributed by atoms with Crippen molar-refractivity contribution in [1.82, 2.24) is 15.2 Å². The Kier molecular flexibility index (Phi) is 10.2. The first-order chi connectivity index (χ1) is 11.6. The maximum Gasteiger partial charge on any atom is 0.193 e. The molecule has 5 nitrogen and oxygen atoms in total. The normalized spacial score (nSPS) is 15.7. The largest absolute Gasteiger partial charge is 0.357 e. The van der Waals surface area contributed by atoms with Crippen LogP contribution >= 0.6 is 24.0 Å². The summed E-state index contributed by atoms with van der Waals surface area (Å²) in [6, 6.07) is 4.32. The van der Waals surface area contributed by atoms with Crippen molar-refractivity contribution in [2.45, 2.75) is 46.1 Å². The van der Waals surface area contributed by atoms with Crippen LogP contribution in [0, 0.1) is 5.92 Å². The van der Waals surface area contributed by atoms with E-state index >= 15 is 0 Å². The van der Waals surface area contributed by atoms with Crippen molar-refractivity contribution in [2.24, 2.45) is 10.9 Å². The summed E-state index contributed by atoms with van der Waals surface area (Å²) in [5, 5.41) is 3.42. The number of aliphatic imine (C=N–C) groups is 1. The van der Waals surface area contributed by atoms with E-state index in [1.54, 1.807) is 0 Å². The molecule has 0 amide bonds. The van der Waals surface area contributed by atoms with Crippen LogP contribution in [0.25, 0.3) is 0 Å². The van der Waals surface area contributed by atoms with E-state index in [1.807, 2.05) is 13.2 Å². The van der Waals surface area contributed by atoms with Crippen LogP contribution < -0.4 is 10.2 Å². The van der Waals surface area contributed by atoms with Gasteiger partial charge in [0.2, 0.25) is 0 Å². The minimum absolute atomic E-state index is 0. The number of aromatic nitrogens is 1. The van der Waals surface area contributed by atoms with Gasteiger partial charge in [-0.1, -0.05) is 26.3 Å². The Morgan fingerprint density at radius 3 is 2.64 bits per heavy atom. The molecule has 0 spiro atoms. The van der Waals surface area contributed by atoms with Crippen LogP contribution in [-0.2, 0) is 6.54 Å². The van der Waals surface area contributed by atoms with Crippen LogP contribution in [0.3, 0.4) is 0 Å². The van der Waals surface area contributed by atoms with E-state index in [1.165, 1.54) is 31.2 Å². The van der Waals surface area contributed by atoms with Gasteiger partial charge >= 0.3 is 0 Å². The zero-order valence-electron chi connectivity index (χ0n) is 16.2. The first kappa shape index (κ1) is 22.0. The SMILES string of the molecule is CCCCN(C)C(=NC)NCc1ccc(N2CCC(C)CC2)nc1.I. The summed E-state index contributed by atoms with van der Waals surface area (Å²) in [6.07, 6.45) is 6.90. The van der Waals surface area contributed by atoms with Crippen molar-refractivity contribution >= 4 is 35.8 Å². The fraction of sp³-hybridized carbons (Fsp3) is 0.684. The molecule has 0 atom stereocenters. The molecule has 2 heterocycles. The predicted molar refractivity (Wildman–Crippen MR) is 118 cm³/mol. The predicted octanol–water partition coefficient (Wildman–Crippen LogP) is 3.74. The summed E-state index contributed by atoms with van der Waals surface area (Å²) < 4.78 is 0. The Bertz CT molecular complexity index is 509. The first-order valence-corrected chi connectivity index (χ1v) is 9.25. The molecule has 1 fully saturated rings. The van der Waals surface area contributed by atoms with Crippen molar-refractivity contribution in [1.29, 1.82) is 0 Å². The highest BCUT2D eigenvalue weighted by Crippen LogP contribution is 2.21. The van der Waals surface area contributed by atoms with Gasteiger partial charge in [-0.15, -0.1) is 24.0 Å². The third kappa shape index (κ3) is 6.99. The van der Waals surface area contributed by atoms with E-state index in [0.29, 0.717) is 0 Å². The maximum absolute atomic E-state index is 4.66. The summed E-state index contributed by atoms with van der Waals surface area (Å²) in [5.41, 5.74) is 1.19. The molecule has 2 rings (SSSR count). The van der Waals surface area contributed by atoms with Gasteiger partial charge in [0.05, 0.1) is 0 Å². The maximum atomic E-state index is 4.66. The molecule has 0 aromatic carbocycles. The van der Waals surface area contributed by atoms with E-state index in [2.05, 4.69) is 58.1 Å². The molecular formula is C19H34IN5.